The van der Waals surface area contributed by atoms with E-state index in [0.29, 0.717) is 18.2 Å². The van der Waals surface area contributed by atoms with Crippen LogP contribution in [0.3, 0.4) is 0 Å². The van der Waals surface area contributed by atoms with Crippen molar-refractivity contribution in [1.82, 2.24) is 14.9 Å². The summed E-state index contributed by atoms with van der Waals surface area (Å²) in [5.74, 6) is 2.12. The van der Waals surface area contributed by atoms with Gasteiger partial charge in [0.25, 0.3) is 5.91 Å². The van der Waals surface area contributed by atoms with Gasteiger partial charge in [0.05, 0.1) is 6.10 Å². The van der Waals surface area contributed by atoms with Crippen LogP contribution in [0.15, 0.2) is 12.3 Å². The SMILES string of the molecule is O=C(c1ccnc(C2CC2)n1)N1CCCC(OCC2CC2)C1. The first kappa shape index (κ1) is 14.1. The van der Waals surface area contributed by atoms with Crippen molar-refractivity contribution in [3.05, 3.63) is 23.8 Å². The van der Waals surface area contributed by atoms with Gasteiger partial charge in [-0.05, 0) is 50.5 Å². The van der Waals surface area contributed by atoms with E-state index in [-0.39, 0.29) is 12.0 Å². The minimum absolute atomic E-state index is 0.0315. The molecule has 2 aliphatic carbocycles. The third kappa shape index (κ3) is 3.29. The Kier molecular flexibility index (Phi) is 3.82. The van der Waals surface area contributed by atoms with E-state index in [1.165, 1.54) is 12.8 Å². The highest BCUT2D eigenvalue weighted by Crippen LogP contribution is 2.37. The van der Waals surface area contributed by atoms with Gasteiger partial charge in [0.15, 0.2) is 0 Å². The molecule has 3 aliphatic rings. The van der Waals surface area contributed by atoms with Crippen molar-refractivity contribution < 1.29 is 9.53 Å². The zero-order valence-corrected chi connectivity index (χ0v) is 12.9. The van der Waals surface area contributed by atoms with Gasteiger partial charge in [0.1, 0.15) is 11.5 Å². The lowest BCUT2D eigenvalue weighted by molar-refractivity contribution is -0.00260. The van der Waals surface area contributed by atoms with Gasteiger partial charge in [-0.2, -0.15) is 0 Å². The molecule has 1 aromatic rings. The average molecular weight is 301 g/mol. The molecule has 1 atom stereocenters. The summed E-state index contributed by atoms with van der Waals surface area (Å²) in [4.78, 5) is 23.3. The van der Waals surface area contributed by atoms with Crippen LogP contribution in [0, 0.1) is 5.92 Å². The molecule has 118 valence electrons. The summed E-state index contributed by atoms with van der Waals surface area (Å²) in [6.45, 7) is 2.38. The fourth-order valence-electron chi connectivity index (χ4n) is 3.01. The topological polar surface area (TPSA) is 55.3 Å². The molecule has 5 heteroatoms. The normalized spacial score (nSPS) is 25.3. The van der Waals surface area contributed by atoms with Crippen LogP contribution in [-0.2, 0) is 4.74 Å². The third-order valence-electron chi connectivity index (χ3n) is 4.77. The number of likely N-dealkylation sites (tertiary alicyclic amines) is 1. The number of nitrogens with zero attached hydrogens (tertiary/aromatic N) is 3. The number of amides is 1. The zero-order chi connectivity index (χ0) is 14.9. The van der Waals surface area contributed by atoms with E-state index in [0.717, 1.165) is 50.6 Å². The summed E-state index contributed by atoms with van der Waals surface area (Å²) in [5, 5.41) is 0. The standard InChI is InChI=1S/C17H23N3O2/c21-17(15-7-8-18-16(19-15)13-5-6-13)20-9-1-2-14(10-20)22-11-12-3-4-12/h7-8,12-14H,1-6,9-11H2. The molecule has 3 fully saturated rings. The maximum absolute atomic E-state index is 12.7. The third-order valence-corrected chi connectivity index (χ3v) is 4.77. The molecule has 2 heterocycles. The highest BCUT2D eigenvalue weighted by Gasteiger charge is 2.30. The molecular formula is C17H23N3O2. The molecule has 1 unspecified atom stereocenters. The average Bonchev–Trinajstić information content (AvgIpc) is 3.46. The number of carbonyl (C=O) groups is 1. The van der Waals surface area contributed by atoms with Gasteiger partial charge in [0, 0.05) is 31.8 Å². The number of hydrogen-bond acceptors (Lipinski definition) is 4. The first-order chi connectivity index (χ1) is 10.8. The summed E-state index contributed by atoms with van der Waals surface area (Å²) in [7, 11) is 0. The molecule has 1 aliphatic heterocycles. The van der Waals surface area contributed by atoms with Crippen molar-refractivity contribution in [2.75, 3.05) is 19.7 Å². The van der Waals surface area contributed by atoms with E-state index >= 15 is 0 Å². The van der Waals surface area contributed by atoms with Gasteiger partial charge >= 0.3 is 0 Å². The van der Waals surface area contributed by atoms with E-state index in [4.69, 9.17) is 4.74 Å². The molecule has 4 rings (SSSR count). The summed E-state index contributed by atoms with van der Waals surface area (Å²) < 4.78 is 5.97. The fourth-order valence-corrected chi connectivity index (χ4v) is 3.01. The predicted octanol–water partition coefficient (Wildman–Crippen LogP) is 2.39. The van der Waals surface area contributed by atoms with Crippen LogP contribution in [0.5, 0.6) is 0 Å². The molecule has 1 aromatic heterocycles. The molecule has 22 heavy (non-hydrogen) atoms. The van der Waals surface area contributed by atoms with Crippen LogP contribution in [0.4, 0.5) is 0 Å². The quantitative estimate of drug-likeness (QED) is 0.838. The molecule has 5 nitrogen and oxygen atoms in total. The van der Waals surface area contributed by atoms with E-state index in [1.54, 1.807) is 12.3 Å². The summed E-state index contributed by atoms with van der Waals surface area (Å²) in [6.07, 6.45) is 8.91. The number of ether oxygens (including phenoxy) is 1. The van der Waals surface area contributed by atoms with Crippen molar-refractivity contribution >= 4 is 5.91 Å². The summed E-state index contributed by atoms with van der Waals surface area (Å²) >= 11 is 0. The number of aromatic nitrogens is 2. The molecule has 0 bridgehead atoms. The Morgan fingerprint density at radius 3 is 2.91 bits per heavy atom. The molecule has 0 N–H and O–H groups in total. The van der Waals surface area contributed by atoms with Crippen molar-refractivity contribution in [3.63, 3.8) is 0 Å². The van der Waals surface area contributed by atoms with Crippen LogP contribution < -0.4 is 0 Å². The Hall–Kier alpha value is -1.49. The van der Waals surface area contributed by atoms with Crippen molar-refractivity contribution in [2.45, 2.75) is 50.5 Å². The van der Waals surface area contributed by atoms with Gasteiger partial charge in [-0.3, -0.25) is 4.79 Å². The smallest absolute Gasteiger partial charge is 0.272 e. The summed E-state index contributed by atoms with van der Waals surface area (Å²) in [6, 6.07) is 1.74. The number of rotatable bonds is 5. The van der Waals surface area contributed by atoms with Crippen LogP contribution in [-0.4, -0.2) is 46.6 Å². The monoisotopic (exact) mass is 301 g/mol. The Bertz CT molecular complexity index is 555. The van der Waals surface area contributed by atoms with Gasteiger partial charge in [0.2, 0.25) is 0 Å². The lowest BCUT2D eigenvalue weighted by Crippen LogP contribution is -2.43. The Balaban J connectivity index is 1.39. The second kappa shape index (κ2) is 5.95. The summed E-state index contributed by atoms with van der Waals surface area (Å²) in [5.41, 5.74) is 0.541. The maximum Gasteiger partial charge on any atom is 0.272 e. The first-order valence-electron chi connectivity index (χ1n) is 8.53. The minimum atomic E-state index is 0.0315. The minimum Gasteiger partial charge on any atom is -0.376 e. The highest BCUT2D eigenvalue weighted by atomic mass is 16.5. The highest BCUT2D eigenvalue weighted by molar-refractivity contribution is 5.92. The van der Waals surface area contributed by atoms with Gasteiger partial charge in [-0.1, -0.05) is 0 Å². The first-order valence-corrected chi connectivity index (χ1v) is 8.53. The van der Waals surface area contributed by atoms with Gasteiger partial charge in [-0.15, -0.1) is 0 Å². The van der Waals surface area contributed by atoms with E-state index < -0.39 is 0 Å². The Morgan fingerprint density at radius 1 is 1.27 bits per heavy atom. The van der Waals surface area contributed by atoms with Crippen molar-refractivity contribution in [1.29, 1.82) is 0 Å². The fraction of sp³-hybridized carbons (Fsp3) is 0.706. The van der Waals surface area contributed by atoms with E-state index in [2.05, 4.69) is 9.97 Å². The molecule has 0 radical (unpaired) electrons. The molecule has 0 aromatic carbocycles. The van der Waals surface area contributed by atoms with Crippen molar-refractivity contribution in [3.8, 4) is 0 Å². The second-order valence-electron chi connectivity index (χ2n) is 6.87. The van der Waals surface area contributed by atoms with Gasteiger partial charge < -0.3 is 9.64 Å². The molecule has 1 amide bonds. The van der Waals surface area contributed by atoms with Crippen LogP contribution >= 0.6 is 0 Å². The Labute approximate surface area is 131 Å². The second-order valence-corrected chi connectivity index (χ2v) is 6.87. The number of piperidine rings is 1. The molecule has 0 spiro atoms. The van der Waals surface area contributed by atoms with E-state index in [9.17, 15) is 4.79 Å². The zero-order valence-electron chi connectivity index (χ0n) is 12.9. The number of hydrogen-bond donors (Lipinski definition) is 0. The number of carbonyl (C=O) groups excluding carboxylic acids is 1. The van der Waals surface area contributed by atoms with Crippen LogP contribution in [0.1, 0.15) is 60.8 Å². The van der Waals surface area contributed by atoms with Crippen LogP contribution in [0.25, 0.3) is 0 Å². The van der Waals surface area contributed by atoms with Gasteiger partial charge in [-0.25, -0.2) is 9.97 Å². The largest absolute Gasteiger partial charge is 0.376 e. The van der Waals surface area contributed by atoms with Crippen molar-refractivity contribution in [2.24, 2.45) is 5.92 Å². The lowest BCUT2D eigenvalue weighted by Gasteiger charge is -2.32. The lowest BCUT2D eigenvalue weighted by atomic mass is 10.1. The van der Waals surface area contributed by atoms with Crippen LogP contribution in [0.2, 0.25) is 0 Å². The Morgan fingerprint density at radius 2 is 2.14 bits per heavy atom. The molecule has 2 saturated carbocycles. The molecule has 1 saturated heterocycles. The predicted molar refractivity (Wildman–Crippen MR) is 81.6 cm³/mol. The van der Waals surface area contributed by atoms with E-state index in [1.807, 2.05) is 4.90 Å². The maximum atomic E-state index is 12.7. The molecular weight excluding hydrogens is 278 g/mol.